The lowest BCUT2D eigenvalue weighted by atomic mass is 10.4. The minimum atomic E-state index is 0.413. The molecule has 1 nitrogen and oxygen atoms in total. The third kappa shape index (κ3) is 3.23. The van der Waals surface area contributed by atoms with E-state index in [1.54, 1.807) is 6.08 Å². The molecule has 0 aromatic carbocycles. The van der Waals surface area contributed by atoms with Gasteiger partial charge in [0.25, 0.3) is 0 Å². The maximum atomic E-state index is 7.86. The van der Waals surface area contributed by atoms with Gasteiger partial charge in [0.2, 0.25) is 0 Å². The van der Waals surface area contributed by atoms with Crippen LogP contribution in [-0.4, -0.2) is 0 Å². The average Bonchev–Trinajstić information content (AvgIpc) is 1.61. The highest BCUT2D eigenvalue weighted by molar-refractivity contribution is 4.80. The molecule has 0 bridgehead atoms. The van der Waals surface area contributed by atoms with Crippen LogP contribution in [0.1, 0.15) is 13.3 Å². The summed E-state index contributed by atoms with van der Waals surface area (Å²) in [7, 11) is 0. The maximum absolute atomic E-state index is 7.86. The zero-order valence-electron chi connectivity index (χ0n) is 3.73. The molecule has 31 valence electrons. The Hall–Kier alpha value is -0.770. The van der Waals surface area contributed by atoms with Gasteiger partial charge in [-0.1, -0.05) is 6.08 Å². The fourth-order valence-corrected chi connectivity index (χ4v) is 0.148. The third-order valence-electron chi connectivity index (χ3n) is 0.385. The van der Waals surface area contributed by atoms with Crippen LogP contribution in [0.4, 0.5) is 0 Å². The summed E-state index contributed by atoms with van der Waals surface area (Å²) >= 11 is 0. The summed E-state index contributed by atoms with van der Waals surface area (Å²) in [4.78, 5) is 0. The zero-order chi connectivity index (χ0) is 4.83. The van der Waals surface area contributed by atoms with Gasteiger partial charge in [0.05, 0.1) is 12.5 Å². The monoisotopic (exact) mass is 80.1 g/mol. The lowest BCUT2D eigenvalue weighted by molar-refractivity contribution is 1.31. The topological polar surface area (TPSA) is 23.8 Å². The lowest BCUT2D eigenvalue weighted by Crippen LogP contribution is -1.51. The molecule has 0 rings (SSSR count). The highest BCUT2D eigenvalue weighted by Crippen LogP contribution is 1.72. The number of hydrogen-bond acceptors (Lipinski definition) is 1. The van der Waals surface area contributed by atoms with Crippen LogP contribution in [-0.2, 0) is 0 Å². The molecule has 1 radical (unpaired) electrons. The van der Waals surface area contributed by atoms with E-state index in [2.05, 4.69) is 6.08 Å². The van der Waals surface area contributed by atoms with Crippen LogP contribution in [0.25, 0.3) is 0 Å². The Bertz CT molecular complexity index is 76.4. The fraction of sp³-hybridized carbons (Fsp3) is 0.400. The summed E-state index contributed by atoms with van der Waals surface area (Å²) in [5, 5.41) is 7.86. The molecule has 0 N–H and O–H groups in total. The minimum absolute atomic E-state index is 0.413. The van der Waals surface area contributed by atoms with E-state index in [1.165, 1.54) is 0 Å². The molecule has 0 fully saturated rings. The van der Waals surface area contributed by atoms with Crippen LogP contribution in [0.3, 0.4) is 0 Å². The Kier molecular flexibility index (Phi) is 3.69. The van der Waals surface area contributed by atoms with Crippen molar-refractivity contribution in [2.75, 3.05) is 0 Å². The predicted octanol–water partition coefficient (Wildman–Crippen LogP) is 1.28. The van der Waals surface area contributed by atoms with Gasteiger partial charge in [0.15, 0.2) is 0 Å². The second kappa shape index (κ2) is 4.23. The standard InChI is InChI=1S/C5H6N/c1-2-3-4-5-6/h2H,4H2,1H3. The molecule has 0 aromatic heterocycles. The van der Waals surface area contributed by atoms with Gasteiger partial charge in [-0.2, -0.15) is 5.26 Å². The molecule has 0 amide bonds. The van der Waals surface area contributed by atoms with Crippen molar-refractivity contribution in [3.8, 4) is 6.07 Å². The van der Waals surface area contributed by atoms with Gasteiger partial charge in [-0.15, -0.1) is 0 Å². The minimum Gasteiger partial charge on any atom is -0.198 e. The molecule has 0 atom stereocenters. The van der Waals surface area contributed by atoms with E-state index in [0.717, 1.165) is 0 Å². The second-order valence-electron chi connectivity index (χ2n) is 0.828. The van der Waals surface area contributed by atoms with Crippen molar-refractivity contribution in [2.45, 2.75) is 13.3 Å². The van der Waals surface area contributed by atoms with Crippen LogP contribution in [0.5, 0.6) is 0 Å². The number of allylic oxidation sites excluding steroid dienone is 2. The van der Waals surface area contributed by atoms with Crippen molar-refractivity contribution < 1.29 is 0 Å². The van der Waals surface area contributed by atoms with Crippen molar-refractivity contribution >= 4 is 0 Å². The summed E-state index contributed by atoms with van der Waals surface area (Å²) < 4.78 is 0. The smallest absolute Gasteiger partial charge is 0.0669 e. The van der Waals surface area contributed by atoms with Gasteiger partial charge >= 0.3 is 0 Å². The molecule has 0 aliphatic carbocycles. The first-order valence-electron chi connectivity index (χ1n) is 1.80. The first-order chi connectivity index (χ1) is 2.91. The van der Waals surface area contributed by atoms with Gasteiger partial charge in [0, 0.05) is 0 Å². The van der Waals surface area contributed by atoms with Crippen molar-refractivity contribution in [2.24, 2.45) is 0 Å². The molecule has 0 saturated heterocycles. The highest BCUT2D eigenvalue weighted by atomic mass is 14.2. The quantitative estimate of drug-likeness (QED) is 0.465. The summed E-state index contributed by atoms with van der Waals surface area (Å²) in [5.41, 5.74) is 0. The fourth-order valence-electron chi connectivity index (χ4n) is 0.148. The Balaban J connectivity index is 2.92. The van der Waals surface area contributed by atoms with Gasteiger partial charge in [-0.25, -0.2) is 0 Å². The Labute approximate surface area is 37.9 Å². The van der Waals surface area contributed by atoms with Crippen LogP contribution in [0.15, 0.2) is 6.08 Å². The van der Waals surface area contributed by atoms with Crippen molar-refractivity contribution in [1.82, 2.24) is 0 Å². The Morgan fingerprint density at radius 3 is 2.67 bits per heavy atom. The second-order valence-corrected chi connectivity index (χ2v) is 0.828. The van der Waals surface area contributed by atoms with E-state index < -0.39 is 0 Å². The molecule has 0 unspecified atom stereocenters. The number of nitriles is 1. The Morgan fingerprint density at radius 2 is 2.50 bits per heavy atom. The summed E-state index contributed by atoms with van der Waals surface area (Å²) in [6, 6.07) is 1.93. The molecular weight excluding hydrogens is 74.1 g/mol. The third-order valence-corrected chi connectivity index (χ3v) is 0.385. The first-order valence-corrected chi connectivity index (χ1v) is 1.80. The molecule has 1 heteroatoms. The summed E-state index contributed by atoms with van der Waals surface area (Å²) in [5.74, 6) is 0. The lowest BCUT2D eigenvalue weighted by Gasteiger charge is -1.61. The van der Waals surface area contributed by atoms with E-state index in [4.69, 9.17) is 5.26 Å². The van der Waals surface area contributed by atoms with E-state index >= 15 is 0 Å². The molecule has 0 aliphatic rings. The first kappa shape index (κ1) is 5.23. The molecular formula is C5H6N. The predicted molar refractivity (Wildman–Crippen MR) is 23.7 cm³/mol. The number of nitrogens with zero attached hydrogens (tertiary/aromatic N) is 1. The molecule has 0 saturated carbocycles. The highest BCUT2D eigenvalue weighted by Gasteiger charge is 1.62. The van der Waals surface area contributed by atoms with E-state index in [-0.39, 0.29) is 0 Å². The molecule has 6 heavy (non-hydrogen) atoms. The van der Waals surface area contributed by atoms with Crippen molar-refractivity contribution in [1.29, 1.82) is 5.26 Å². The average molecular weight is 80.1 g/mol. The maximum Gasteiger partial charge on any atom is 0.0669 e. The molecule has 0 spiro atoms. The van der Waals surface area contributed by atoms with Gasteiger partial charge in [0.1, 0.15) is 0 Å². The van der Waals surface area contributed by atoms with E-state index in [1.807, 2.05) is 13.0 Å². The number of rotatable bonds is 1. The van der Waals surface area contributed by atoms with E-state index in [0.29, 0.717) is 6.42 Å². The van der Waals surface area contributed by atoms with Gasteiger partial charge < -0.3 is 0 Å². The van der Waals surface area contributed by atoms with Gasteiger partial charge in [-0.05, 0) is 13.0 Å². The van der Waals surface area contributed by atoms with Crippen LogP contribution in [0, 0.1) is 17.4 Å². The van der Waals surface area contributed by atoms with E-state index in [9.17, 15) is 0 Å². The van der Waals surface area contributed by atoms with Crippen LogP contribution in [0.2, 0.25) is 0 Å². The normalized spacial score (nSPS) is 8.67. The molecule has 0 heterocycles. The summed E-state index contributed by atoms with van der Waals surface area (Å²) in [6.07, 6.45) is 4.86. The SMILES string of the molecule is CC=[C]CC#N. The largest absolute Gasteiger partial charge is 0.198 e. The van der Waals surface area contributed by atoms with Crippen LogP contribution < -0.4 is 0 Å². The van der Waals surface area contributed by atoms with Gasteiger partial charge in [-0.3, -0.25) is 0 Å². The summed E-state index contributed by atoms with van der Waals surface area (Å²) in [6.45, 7) is 1.84. The molecule has 0 aromatic rings. The van der Waals surface area contributed by atoms with Crippen molar-refractivity contribution in [3.05, 3.63) is 12.2 Å². The Morgan fingerprint density at radius 1 is 1.83 bits per heavy atom. The number of hydrogen-bond donors (Lipinski definition) is 0. The molecule has 0 aliphatic heterocycles. The van der Waals surface area contributed by atoms with Crippen LogP contribution >= 0.6 is 0 Å². The zero-order valence-corrected chi connectivity index (χ0v) is 3.73. The van der Waals surface area contributed by atoms with Crippen molar-refractivity contribution in [3.63, 3.8) is 0 Å².